The Balaban J connectivity index is 1.23. The van der Waals surface area contributed by atoms with Crippen LogP contribution in [0.2, 0.25) is 0 Å². The Morgan fingerprint density at radius 2 is 0.944 bits per heavy atom. The predicted octanol–water partition coefficient (Wildman–Crippen LogP) is 14.5. The molecule has 0 unspecified atom stereocenters. The standard InChI is InChI=1S/C52H34N2/c1-2-21-39(22-3-1)54-49-30-13-12-29-46(49)51-47(33-37-17-6-9-26-43(37)52(51)54)36-20-14-23-40(32-36)53(48-31-15-19-35-16-4-8-25-42(35)48)50-34-38-18-5-7-24-41(38)44-27-10-11-28-45(44)50/h1-34H. The molecule has 11 rings (SSSR count). The van der Waals surface area contributed by atoms with E-state index in [1.807, 2.05) is 0 Å². The third-order valence-corrected chi connectivity index (χ3v) is 11.1. The predicted molar refractivity (Wildman–Crippen MR) is 231 cm³/mol. The summed E-state index contributed by atoms with van der Waals surface area (Å²) in [6, 6.07) is 75.3. The van der Waals surface area contributed by atoms with Gasteiger partial charge in [-0.2, -0.15) is 0 Å². The molecule has 0 aliphatic heterocycles. The summed E-state index contributed by atoms with van der Waals surface area (Å²) in [7, 11) is 0. The molecule has 10 aromatic carbocycles. The van der Waals surface area contributed by atoms with Gasteiger partial charge in [-0.25, -0.2) is 0 Å². The number of para-hydroxylation sites is 2. The molecule has 2 heteroatoms. The zero-order valence-electron chi connectivity index (χ0n) is 29.5. The molecule has 0 N–H and O–H groups in total. The quantitative estimate of drug-likeness (QED) is 0.164. The number of rotatable bonds is 5. The van der Waals surface area contributed by atoms with Crippen LogP contribution in [0, 0.1) is 0 Å². The molecule has 252 valence electrons. The van der Waals surface area contributed by atoms with Crippen molar-refractivity contribution in [3.05, 3.63) is 206 Å². The van der Waals surface area contributed by atoms with Crippen LogP contribution in [0.5, 0.6) is 0 Å². The maximum atomic E-state index is 2.48. The molecule has 0 aliphatic carbocycles. The van der Waals surface area contributed by atoms with E-state index in [1.165, 1.54) is 76.0 Å². The lowest BCUT2D eigenvalue weighted by molar-refractivity contribution is 1.19. The van der Waals surface area contributed by atoms with Crippen molar-refractivity contribution in [1.29, 1.82) is 0 Å². The number of nitrogens with zero attached hydrogens (tertiary/aromatic N) is 2. The van der Waals surface area contributed by atoms with E-state index in [-0.39, 0.29) is 0 Å². The fourth-order valence-electron chi connectivity index (χ4n) is 8.75. The van der Waals surface area contributed by atoms with Crippen molar-refractivity contribution in [3.63, 3.8) is 0 Å². The number of hydrogen-bond acceptors (Lipinski definition) is 1. The highest BCUT2D eigenvalue weighted by molar-refractivity contribution is 6.24. The molecule has 1 heterocycles. The van der Waals surface area contributed by atoms with Gasteiger partial charge in [0.15, 0.2) is 0 Å². The monoisotopic (exact) mass is 686 g/mol. The van der Waals surface area contributed by atoms with E-state index in [0.29, 0.717) is 0 Å². The zero-order chi connectivity index (χ0) is 35.6. The molecule has 54 heavy (non-hydrogen) atoms. The van der Waals surface area contributed by atoms with Crippen molar-refractivity contribution in [2.24, 2.45) is 0 Å². The number of hydrogen-bond donors (Lipinski definition) is 0. The minimum Gasteiger partial charge on any atom is -0.309 e. The van der Waals surface area contributed by atoms with E-state index in [9.17, 15) is 0 Å². The van der Waals surface area contributed by atoms with Gasteiger partial charge in [-0.05, 0) is 86.6 Å². The van der Waals surface area contributed by atoms with Gasteiger partial charge >= 0.3 is 0 Å². The van der Waals surface area contributed by atoms with Crippen LogP contribution < -0.4 is 4.90 Å². The molecule has 0 saturated carbocycles. The van der Waals surface area contributed by atoms with Gasteiger partial charge in [-0.3, -0.25) is 0 Å². The second-order valence-electron chi connectivity index (χ2n) is 14.1. The summed E-state index contributed by atoms with van der Waals surface area (Å²) in [5.41, 5.74) is 9.40. The minimum atomic E-state index is 1.11. The van der Waals surface area contributed by atoms with Crippen molar-refractivity contribution >= 4 is 82.0 Å². The van der Waals surface area contributed by atoms with Crippen LogP contribution in [0.4, 0.5) is 17.1 Å². The van der Waals surface area contributed by atoms with Crippen LogP contribution in [0.3, 0.4) is 0 Å². The highest BCUT2D eigenvalue weighted by Gasteiger charge is 2.22. The summed E-state index contributed by atoms with van der Waals surface area (Å²) < 4.78 is 2.45. The molecule has 0 radical (unpaired) electrons. The highest BCUT2D eigenvalue weighted by atomic mass is 15.1. The summed E-state index contributed by atoms with van der Waals surface area (Å²) in [5.74, 6) is 0. The topological polar surface area (TPSA) is 8.17 Å². The smallest absolute Gasteiger partial charge is 0.0625 e. The zero-order valence-corrected chi connectivity index (χ0v) is 29.5. The van der Waals surface area contributed by atoms with Gasteiger partial charge in [-0.15, -0.1) is 0 Å². The molecular weight excluding hydrogens is 653 g/mol. The lowest BCUT2D eigenvalue weighted by atomic mass is 9.94. The van der Waals surface area contributed by atoms with Gasteiger partial charge in [0.1, 0.15) is 0 Å². The lowest BCUT2D eigenvalue weighted by Crippen LogP contribution is -2.11. The first kappa shape index (κ1) is 30.5. The van der Waals surface area contributed by atoms with E-state index in [0.717, 1.165) is 22.7 Å². The SMILES string of the molecule is c1ccc(-n2c3ccccc3c3c(-c4cccc(N(c5cccc6ccccc56)c5cc6ccccc6c6ccccc56)c4)cc4ccccc4c32)cc1. The van der Waals surface area contributed by atoms with Crippen molar-refractivity contribution in [2.45, 2.75) is 0 Å². The van der Waals surface area contributed by atoms with E-state index in [4.69, 9.17) is 0 Å². The van der Waals surface area contributed by atoms with Gasteiger partial charge in [0.05, 0.1) is 22.4 Å². The van der Waals surface area contributed by atoms with Gasteiger partial charge in [-0.1, -0.05) is 158 Å². The molecule has 1 aromatic heterocycles. The summed E-state index contributed by atoms with van der Waals surface area (Å²) in [6.07, 6.45) is 0. The molecule has 0 amide bonds. The number of aromatic nitrogens is 1. The summed E-state index contributed by atoms with van der Waals surface area (Å²) in [6.45, 7) is 0. The Kier molecular flexibility index (Phi) is 6.90. The van der Waals surface area contributed by atoms with Crippen LogP contribution in [0.1, 0.15) is 0 Å². The summed E-state index contributed by atoms with van der Waals surface area (Å²) >= 11 is 0. The first-order valence-electron chi connectivity index (χ1n) is 18.6. The van der Waals surface area contributed by atoms with Gasteiger partial charge < -0.3 is 9.47 Å². The summed E-state index contributed by atoms with van der Waals surface area (Å²) in [4.78, 5) is 2.48. The van der Waals surface area contributed by atoms with Crippen molar-refractivity contribution in [2.75, 3.05) is 4.90 Å². The van der Waals surface area contributed by atoms with E-state index >= 15 is 0 Å². The Hall–Kier alpha value is -7.16. The second-order valence-corrected chi connectivity index (χ2v) is 14.1. The maximum Gasteiger partial charge on any atom is 0.0625 e. The van der Waals surface area contributed by atoms with Crippen LogP contribution in [0.15, 0.2) is 206 Å². The Labute approximate surface area is 313 Å². The molecule has 0 saturated heterocycles. The lowest BCUT2D eigenvalue weighted by Gasteiger charge is -2.29. The number of anilines is 3. The van der Waals surface area contributed by atoms with Gasteiger partial charge in [0, 0.05) is 38.3 Å². The Bertz CT molecular complexity index is 3220. The van der Waals surface area contributed by atoms with Crippen LogP contribution in [0.25, 0.3) is 81.7 Å². The third-order valence-electron chi connectivity index (χ3n) is 11.1. The Morgan fingerprint density at radius 3 is 1.76 bits per heavy atom. The van der Waals surface area contributed by atoms with Crippen LogP contribution in [-0.4, -0.2) is 4.57 Å². The molecule has 0 fully saturated rings. The number of benzene rings is 10. The van der Waals surface area contributed by atoms with Gasteiger partial charge in [0.2, 0.25) is 0 Å². The van der Waals surface area contributed by atoms with Crippen LogP contribution in [-0.2, 0) is 0 Å². The first-order chi connectivity index (χ1) is 26.8. The molecule has 0 aliphatic rings. The molecule has 2 nitrogen and oxygen atoms in total. The molecule has 0 bridgehead atoms. The average Bonchev–Trinajstić information content (AvgIpc) is 3.60. The summed E-state index contributed by atoms with van der Waals surface area (Å²) in [5, 5.41) is 12.3. The molecular formula is C52H34N2. The van der Waals surface area contributed by atoms with Crippen molar-refractivity contribution < 1.29 is 0 Å². The second kappa shape index (κ2) is 12.2. The maximum absolute atomic E-state index is 2.48. The largest absolute Gasteiger partial charge is 0.309 e. The van der Waals surface area contributed by atoms with E-state index in [2.05, 4.69) is 216 Å². The van der Waals surface area contributed by atoms with Crippen LogP contribution >= 0.6 is 0 Å². The Morgan fingerprint density at radius 1 is 0.352 bits per heavy atom. The average molecular weight is 687 g/mol. The third kappa shape index (κ3) is 4.67. The van der Waals surface area contributed by atoms with Crippen molar-refractivity contribution in [3.8, 4) is 16.8 Å². The number of fused-ring (bicyclic) bond motifs is 9. The highest BCUT2D eigenvalue weighted by Crippen LogP contribution is 2.47. The fraction of sp³-hybridized carbons (Fsp3) is 0. The fourth-order valence-corrected chi connectivity index (χ4v) is 8.75. The minimum absolute atomic E-state index is 1.11. The molecule has 11 aromatic rings. The van der Waals surface area contributed by atoms with Crippen molar-refractivity contribution in [1.82, 2.24) is 4.57 Å². The molecule has 0 atom stereocenters. The molecule has 0 spiro atoms. The van der Waals surface area contributed by atoms with Gasteiger partial charge in [0.25, 0.3) is 0 Å². The van der Waals surface area contributed by atoms with E-state index in [1.54, 1.807) is 0 Å². The van der Waals surface area contributed by atoms with E-state index < -0.39 is 0 Å². The normalized spacial score (nSPS) is 11.7. The first-order valence-corrected chi connectivity index (χ1v) is 18.6.